The maximum Gasteiger partial charge on any atom is 0.248 e. The second-order valence-corrected chi connectivity index (χ2v) is 6.93. The zero-order valence-electron chi connectivity index (χ0n) is 15.5. The van der Waals surface area contributed by atoms with E-state index < -0.39 is 17.5 Å². The molecule has 1 heterocycles. The molecule has 7 heteroatoms. The third kappa shape index (κ3) is 4.85. The minimum absolute atomic E-state index is 0.0133. The standard InChI is InChI=1S/C21H23F2N3O2/c22-16-6-7-17(23)14(12-16)5-9-20(27)25-18-13-15(21(24)28)4-8-19(18)26-10-2-1-3-11-26/h4,6-8,12-13H,1-3,5,9-11H2,(H2,24,28)(H,25,27). The Balaban J connectivity index is 1.75. The Bertz CT molecular complexity index is 880. The lowest BCUT2D eigenvalue weighted by molar-refractivity contribution is -0.116. The number of nitrogens with one attached hydrogen (secondary N) is 1. The molecule has 1 fully saturated rings. The van der Waals surface area contributed by atoms with Crippen molar-refractivity contribution in [1.29, 1.82) is 0 Å². The number of hydrogen-bond acceptors (Lipinski definition) is 3. The van der Waals surface area contributed by atoms with Crippen LogP contribution in [0.4, 0.5) is 20.2 Å². The smallest absolute Gasteiger partial charge is 0.248 e. The summed E-state index contributed by atoms with van der Waals surface area (Å²) in [4.78, 5) is 26.1. The van der Waals surface area contributed by atoms with E-state index in [9.17, 15) is 18.4 Å². The van der Waals surface area contributed by atoms with E-state index in [-0.39, 0.29) is 24.3 Å². The first kappa shape index (κ1) is 19.8. The summed E-state index contributed by atoms with van der Waals surface area (Å²) >= 11 is 0. The van der Waals surface area contributed by atoms with Crippen LogP contribution in [-0.2, 0) is 11.2 Å². The maximum absolute atomic E-state index is 13.7. The molecule has 0 bridgehead atoms. The molecule has 2 amide bonds. The second-order valence-electron chi connectivity index (χ2n) is 6.93. The average Bonchev–Trinajstić information content (AvgIpc) is 2.69. The molecule has 0 aliphatic carbocycles. The van der Waals surface area contributed by atoms with Crippen LogP contribution >= 0.6 is 0 Å². The van der Waals surface area contributed by atoms with E-state index in [1.807, 2.05) is 0 Å². The highest BCUT2D eigenvalue weighted by molar-refractivity contribution is 5.99. The SMILES string of the molecule is NC(=O)c1ccc(N2CCCCC2)c(NC(=O)CCc2cc(F)ccc2F)c1. The van der Waals surface area contributed by atoms with Gasteiger partial charge >= 0.3 is 0 Å². The minimum atomic E-state index is -0.581. The fraction of sp³-hybridized carbons (Fsp3) is 0.333. The molecule has 0 saturated carbocycles. The van der Waals surface area contributed by atoms with Crippen molar-refractivity contribution in [3.8, 4) is 0 Å². The number of amides is 2. The Kier molecular flexibility index (Phi) is 6.23. The van der Waals surface area contributed by atoms with Gasteiger partial charge in [-0.2, -0.15) is 0 Å². The van der Waals surface area contributed by atoms with Gasteiger partial charge in [0.1, 0.15) is 11.6 Å². The number of nitrogens with two attached hydrogens (primary N) is 1. The molecule has 28 heavy (non-hydrogen) atoms. The van der Waals surface area contributed by atoms with Gasteiger partial charge in [-0.25, -0.2) is 8.78 Å². The summed E-state index contributed by atoms with van der Waals surface area (Å²) in [5.41, 5.74) is 7.15. The summed E-state index contributed by atoms with van der Waals surface area (Å²) in [6.07, 6.45) is 3.34. The van der Waals surface area contributed by atoms with E-state index >= 15 is 0 Å². The number of nitrogens with zero attached hydrogens (tertiary/aromatic N) is 1. The predicted octanol–water partition coefficient (Wildman–Crippen LogP) is 3.63. The van der Waals surface area contributed by atoms with Gasteiger partial charge in [-0.15, -0.1) is 0 Å². The molecule has 1 saturated heterocycles. The van der Waals surface area contributed by atoms with Crippen molar-refractivity contribution in [1.82, 2.24) is 0 Å². The van der Waals surface area contributed by atoms with Crippen LogP contribution in [0.1, 0.15) is 41.6 Å². The second kappa shape index (κ2) is 8.82. The molecule has 5 nitrogen and oxygen atoms in total. The van der Waals surface area contributed by atoms with Gasteiger partial charge in [-0.3, -0.25) is 9.59 Å². The molecule has 0 spiro atoms. The molecule has 1 aliphatic rings. The molecular weight excluding hydrogens is 364 g/mol. The number of benzene rings is 2. The molecule has 0 radical (unpaired) electrons. The summed E-state index contributed by atoms with van der Waals surface area (Å²) in [6, 6.07) is 8.17. The molecule has 2 aromatic carbocycles. The number of rotatable bonds is 6. The van der Waals surface area contributed by atoms with Crippen molar-refractivity contribution in [3.63, 3.8) is 0 Å². The highest BCUT2D eigenvalue weighted by Gasteiger charge is 2.18. The Morgan fingerprint density at radius 3 is 2.50 bits per heavy atom. The monoisotopic (exact) mass is 387 g/mol. The first-order valence-electron chi connectivity index (χ1n) is 9.36. The molecule has 148 valence electrons. The van der Waals surface area contributed by atoms with Crippen molar-refractivity contribution in [2.45, 2.75) is 32.1 Å². The number of hydrogen-bond donors (Lipinski definition) is 2. The first-order valence-corrected chi connectivity index (χ1v) is 9.36. The van der Waals surface area contributed by atoms with Gasteiger partial charge in [0.25, 0.3) is 0 Å². The highest BCUT2D eigenvalue weighted by atomic mass is 19.1. The van der Waals surface area contributed by atoms with Gasteiger partial charge in [0.2, 0.25) is 11.8 Å². The van der Waals surface area contributed by atoms with Crippen molar-refractivity contribution in [2.75, 3.05) is 23.3 Å². The van der Waals surface area contributed by atoms with Crippen molar-refractivity contribution in [3.05, 3.63) is 59.2 Å². The molecular formula is C21H23F2N3O2. The Hall–Kier alpha value is -2.96. The van der Waals surface area contributed by atoms with Gasteiger partial charge in [0.05, 0.1) is 11.4 Å². The molecule has 3 N–H and O–H groups in total. The normalized spacial score (nSPS) is 14.0. The topological polar surface area (TPSA) is 75.4 Å². The van der Waals surface area contributed by atoms with E-state index in [2.05, 4.69) is 10.2 Å². The number of anilines is 2. The highest BCUT2D eigenvalue weighted by Crippen LogP contribution is 2.30. The summed E-state index contributed by atoms with van der Waals surface area (Å²) in [5, 5.41) is 2.80. The minimum Gasteiger partial charge on any atom is -0.370 e. The average molecular weight is 387 g/mol. The summed E-state index contributed by atoms with van der Waals surface area (Å²) in [6.45, 7) is 1.74. The summed E-state index contributed by atoms with van der Waals surface area (Å²) in [7, 11) is 0. The van der Waals surface area contributed by atoms with Crippen LogP contribution in [-0.4, -0.2) is 24.9 Å². The van der Waals surface area contributed by atoms with Crippen LogP contribution in [0, 0.1) is 11.6 Å². The van der Waals surface area contributed by atoms with E-state index in [1.54, 1.807) is 18.2 Å². The number of primary amides is 1. The van der Waals surface area contributed by atoms with Crippen LogP contribution < -0.4 is 16.0 Å². The van der Waals surface area contributed by atoms with Gasteiger partial charge in [0.15, 0.2) is 0 Å². The molecule has 3 rings (SSSR count). The van der Waals surface area contributed by atoms with Gasteiger partial charge in [-0.05, 0) is 67.6 Å². The summed E-state index contributed by atoms with van der Waals surface area (Å²) < 4.78 is 27.0. The van der Waals surface area contributed by atoms with E-state index in [0.29, 0.717) is 11.3 Å². The Morgan fingerprint density at radius 1 is 1.04 bits per heavy atom. The van der Waals surface area contributed by atoms with Gasteiger partial charge in [0, 0.05) is 25.1 Å². The first-order chi connectivity index (χ1) is 13.4. The van der Waals surface area contributed by atoms with Crippen LogP contribution in [0.25, 0.3) is 0 Å². The Morgan fingerprint density at radius 2 is 1.79 bits per heavy atom. The third-order valence-corrected chi connectivity index (χ3v) is 4.88. The van der Waals surface area contributed by atoms with E-state index in [1.165, 1.54) is 0 Å². The fourth-order valence-corrected chi connectivity index (χ4v) is 3.40. The van der Waals surface area contributed by atoms with Crippen molar-refractivity contribution in [2.24, 2.45) is 5.73 Å². The summed E-state index contributed by atoms with van der Waals surface area (Å²) in [5.74, 6) is -2.01. The quantitative estimate of drug-likeness (QED) is 0.795. The van der Waals surface area contributed by atoms with Crippen LogP contribution in [0.3, 0.4) is 0 Å². The number of carbonyl (C=O) groups excluding carboxylic acids is 2. The zero-order chi connectivity index (χ0) is 20.1. The van der Waals surface area contributed by atoms with Crippen LogP contribution in [0.15, 0.2) is 36.4 Å². The molecule has 1 aliphatic heterocycles. The number of halogens is 2. The van der Waals surface area contributed by atoms with E-state index in [0.717, 1.165) is 56.2 Å². The Labute approximate surface area is 162 Å². The number of piperidine rings is 1. The third-order valence-electron chi connectivity index (χ3n) is 4.88. The van der Waals surface area contributed by atoms with Crippen molar-refractivity contribution < 1.29 is 18.4 Å². The van der Waals surface area contributed by atoms with Crippen LogP contribution in [0.2, 0.25) is 0 Å². The molecule has 0 aromatic heterocycles. The lowest BCUT2D eigenvalue weighted by atomic mass is 10.1. The van der Waals surface area contributed by atoms with Gasteiger partial charge in [-0.1, -0.05) is 0 Å². The molecule has 0 atom stereocenters. The van der Waals surface area contributed by atoms with Crippen molar-refractivity contribution >= 4 is 23.2 Å². The fourth-order valence-electron chi connectivity index (χ4n) is 3.40. The largest absolute Gasteiger partial charge is 0.370 e. The van der Waals surface area contributed by atoms with Gasteiger partial charge < -0.3 is 16.0 Å². The van der Waals surface area contributed by atoms with Crippen LogP contribution in [0.5, 0.6) is 0 Å². The number of carbonyl (C=O) groups is 2. The van der Waals surface area contributed by atoms with E-state index in [4.69, 9.17) is 5.73 Å². The molecule has 2 aromatic rings. The molecule has 0 unspecified atom stereocenters. The predicted molar refractivity (Wildman–Crippen MR) is 104 cm³/mol. The maximum atomic E-state index is 13.7. The zero-order valence-corrected chi connectivity index (χ0v) is 15.5. The number of aryl methyl sites for hydroxylation is 1. The lowest BCUT2D eigenvalue weighted by Crippen LogP contribution is -2.30. The lowest BCUT2D eigenvalue weighted by Gasteiger charge is -2.30.